The molecule has 0 spiro atoms. The molecule has 6 nitrogen and oxygen atoms in total. The van der Waals surface area contributed by atoms with Gasteiger partial charge in [0.1, 0.15) is 12.4 Å². The molecule has 0 aliphatic carbocycles. The molecule has 1 aromatic carbocycles. The van der Waals surface area contributed by atoms with E-state index in [-0.39, 0.29) is 0 Å². The molecule has 0 N–H and O–H groups in total. The number of methoxy groups -OCH3 is 1. The monoisotopic (exact) mass is 454 g/mol. The Morgan fingerprint density at radius 2 is 2.04 bits per heavy atom. The SMILES string of the molecule is COc1ccc(COc2nc(N3CCC(N(C)C)C3)ncc2I)cc1. The maximum Gasteiger partial charge on any atom is 0.232 e. The summed E-state index contributed by atoms with van der Waals surface area (Å²) in [7, 11) is 5.90. The van der Waals surface area contributed by atoms with Crippen LogP contribution in [0.4, 0.5) is 5.95 Å². The zero-order valence-electron chi connectivity index (χ0n) is 14.8. The zero-order chi connectivity index (χ0) is 17.8. The molecule has 0 saturated carbocycles. The van der Waals surface area contributed by atoms with Gasteiger partial charge in [-0.1, -0.05) is 12.1 Å². The Morgan fingerprint density at radius 1 is 1.28 bits per heavy atom. The van der Waals surface area contributed by atoms with E-state index in [1.54, 1.807) is 7.11 Å². The molecule has 1 atom stereocenters. The fourth-order valence-electron chi connectivity index (χ4n) is 2.81. The van der Waals surface area contributed by atoms with E-state index in [0.717, 1.165) is 40.3 Å². The van der Waals surface area contributed by atoms with Crippen molar-refractivity contribution in [1.82, 2.24) is 14.9 Å². The molecule has 2 aromatic rings. The molecule has 25 heavy (non-hydrogen) atoms. The molecule has 3 rings (SSSR count). The number of nitrogens with zero attached hydrogens (tertiary/aromatic N) is 4. The van der Waals surface area contributed by atoms with E-state index in [1.165, 1.54) is 0 Å². The van der Waals surface area contributed by atoms with E-state index in [4.69, 9.17) is 9.47 Å². The summed E-state index contributed by atoms with van der Waals surface area (Å²) in [5.74, 6) is 2.22. The number of aromatic nitrogens is 2. The van der Waals surface area contributed by atoms with Crippen LogP contribution in [0.3, 0.4) is 0 Å². The van der Waals surface area contributed by atoms with Gasteiger partial charge in [-0.3, -0.25) is 0 Å². The van der Waals surface area contributed by atoms with Crippen molar-refractivity contribution in [1.29, 1.82) is 0 Å². The molecule has 1 saturated heterocycles. The topological polar surface area (TPSA) is 50.7 Å². The summed E-state index contributed by atoms with van der Waals surface area (Å²) in [6, 6.07) is 8.40. The number of ether oxygens (including phenoxy) is 2. The minimum absolute atomic E-state index is 0.469. The summed E-state index contributed by atoms with van der Waals surface area (Å²) < 4.78 is 12.0. The highest BCUT2D eigenvalue weighted by Gasteiger charge is 2.26. The van der Waals surface area contributed by atoms with Crippen molar-refractivity contribution in [2.75, 3.05) is 39.2 Å². The third-order valence-corrected chi connectivity index (χ3v) is 5.15. The second-order valence-electron chi connectivity index (χ2n) is 6.31. The standard InChI is InChI=1S/C18H23IN4O2/c1-22(2)14-8-9-23(11-14)18-20-10-16(19)17(21-18)25-12-13-4-6-15(24-3)7-5-13/h4-7,10,14H,8-9,11-12H2,1-3H3. The van der Waals surface area contributed by atoms with E-state index in [9.17, 15) is 0 Å². The first-order chi connectivity index (χ1) is 12.1. The molecule has 1 unspecified atom stereocenters. The molecular formula is C18H23IN4O2. The molecule has 134 valence electrons. The number of hydrogen-bond acceptors (Lipinski definition) is 6. The zero-order valence-corrected chi connectivity index (χ0v) is 16.9. The van der Waals surface area contributed by atoms with E-state index >= 15 is 0 Å². The van der Waals surface area contributed by atoms with Gasteiger partial charge in [-0.15, -0.1) is 0 Å². The van der Waals surface area contributed by atoms with Crippen LogP contribution < -0.4 is 14.4 Å². The van der Waals surface area contributed by atoms with Gasteiger partial charge in [-0.25, -0.2) is 4.98 Å². The molecule has 7 heteroatoms. The minimum Gasteiger partial charge on any atom is -0.497 e. The van der Waals surface area contributed by atoms with Crippen LogP contribution in [-0.2, 0) is 6.61 Å². The normalized spacial score (nSPS) is 17.2. The summed E-state index contributed by atoms with van der Waals surface area (Å²) in [6.45, 7) is 2.39. The second-order valence-corrected chi connectivity index (χ2v) is 7.47. The fraction of sp³-hybridized carbons (Fsp3) is 0.444. The van der Waals surface area contributed by atoms with Crippen LogP contribution in [0, 0.1) is 3.57 Å². The number of hydrogen-bond donors (Lipinski definition) is 0. The lowest BCUT2D eigenvalue weighted by atomic mass is 10.2. The third kappa shape index (κ3) is 4.52. The number of rotatable bonds is 6. The maximum absolute atomic E-state index is 5.93. The molecule has 1 aromatic heterocycles. The molecule has 2 heterocycles. The largest absolute Gasteiger partial charge is 0.497 e. The third-order valence-electron chi connectivity index (χ3n) is 4.41. The summed E-state index contributed by atoms with van der Waals surface area (Å²) in [5.41, 5.74) is 1.07. The van der Waals surface area contributed by atoms with Gasteiger partial charge in [-0.2, -0.15) is 4.98 Å². The highest BCUT2D eigenvalue weighted by Crippen LogP contribution is 2.24. The first kappa shape index (κ1) is 18.2. The molecule has 1 aliphatic heterocycles. The van der Waals surface area contributed by atoms with Crippen molar-refractivity contribution in [3.8, 4) is 11.6 Å². The van der Waals surface area contributed by atoms with Crippen molar-refractivity contribution in [3.63, 3.8) is 0 Å². The van der Waals surface area contributed by atoms with Gasteiger partial charge in [-0.05, 0) is 60.8 Å². The van der Waals surface area contributed by atoms with Gasteiger partial charge >= 0.3 is 0 Å². The number of halogens is 1. The van der Waals surface area contributed by atoms with Gasteiger partial charge in [0.05, 0.1) is 10.7 Å². The number of likely N-dealkylation sites (N-methyl/N-ethyl adjacent to an activating group) is 1. The van der Waals surface area contributed by atoms with Crippen molar-refractivity contribution in [2.45, 2.75) is 19.1 Å². The lowest BCUT2D eigenvalue weighted by molar-refractivity contribution is 0.290. The van der Waals surface area contributed by atoms with Crippen molar-refractivity contribution >= 4 is 28.5 Å². The summed E-state index contributed by atoms with van der Waals surface area (Å²) in [4.78, 5) is 13.6. The van der Waals surface area contributed by atoms with Crippen LogP contribution in [0.15, 0.2) is 30.5 Å². The quantitative estimate of drug-likeness (QED) is 0.626. The van der Waals surface area contributed by atoms with Crippen LogP contribution in [0.1, 0.15) is 12.0 Å². The van der Waals surface area contributed by atoms with E-state index in [2.05, 4.69) is 56.5 Å². The average Bonchev–Trinajstić information content (AvgIpc) is 3.12. The summed E-state index contributed by atoms with van der Waals surface area (Å²) in [5, 5.41) is 0. The molecule has 0 amide bonds. The molecule has 1 aliphatic rings. The predicted octanol–water partition coefficient (Wildman–Crippen LogP) is 2.81. The molecule has 0 bridgehead atoms. The maximum atomic E-state index is 5.93. The van der Waals surface area contributed by atoms with Crippen LogP contribution in [0.5, 0.6) is 11.6 Å². The average molecular weight is 454 g/mol. The van der Waals surface area contributed by atoms with Gasteiger partial charge in [0.25, 0.3) is 0 Å². The van der Waals surface area contributed by atoms with Gasteiger partial charge in [0, 0.05) is 25.3 Å². The van der Waals surface area contributed by atoms with Gasteiger partial charge in [0.15, 0.2) is 0 Å². The van der Waals surface area contributed by atoms with E-state index < -0.39 is 0 Å². The summed E-state index contributed by atoms with van der Waals surface area (Å²) >= 11 is 2.21. The molecule has 1 fully saturated rings. The number of anilines is 1. The second kappa shape index (κ2) is 8.18. The Morgan fingerprint density at radius 3 is 2.68 bits per heavy atom. The first-order valence-corrected chi connectivity index (χ1v) is 9.34. The highest BCUT2D eigenvalue weighted by atomic mass is 127. The van der Waals surface area contributed by atoms with Gasteiger partial charge in [0.2, 0.25) is 11.8 Å². The molecule has 0 radical (unpaired) electrons. The van der Waals surface area contributed by atoms with E-state index in [0.29, 0.717) is 18.5 Å². The fourth-order valence-corrected chi connectivity index (χ4v) is 3.23. The Balaban J connectivity index is 1.67. The van der Waals surface area contributed by atoms with Crippen LogP contribution >= 0.6 is 22.6 Å². The lowest BCUT2D eigenvalue weighted by Gasteiger charge is -2.20. The smallest absolute Gasteiger partial charge is 0.232 e. The van der Waals surface area contributed by atoms with E-state index in [1.807, 2.05) is 30.5 Å². The first-order valence-electron chi connectivity index (χ1n) is 8.26. The van der Waals surface area contributed by atoms with Crippen molar-refractivity contribution in [3.05, 3.63) is 39.6 Å². The van der Waals surface area contributed by atoms with Crippen molar-refractivity contribution < 1.29 is 9.47 Å². The Kier molecular flexibility index (Phi) is 5.95. The number of benzene rings is 1. The minimum atomic E-state index is 0.469. The van der Waals surface area contributed by atoms with Crippen molar-refractivity contribution in [2.24, 2.45) is 0 Å². The highest BCUT2D eigenvalue weighted by molar-refractivity contribution is 14.1. The Bertz CT molecular complexity index is 709. The van der Waals surface area contributed by atoms with Crippen LogP contribution in [0.2, 0.25) is 0 Å². The molecular weight excluding hydrogens is 431 g/mol. The predicted molar refractivity (Wildman–Crippen MR) is 106 cm³/mol. The van der Waals surface area contributed by atoms with Crippen LogP contribution in [0.25, 0.3) is 0 Å². The Labute approximate surface area is 162 Å². The summed E-state index contributed by atoms with van der Waals surface area (Å²) in [6.07, 6.45) is 2.96. The lowest BCUT2D eigenvalue weighted by Crippen LogP contribution is -2.32. The van der Waals surface area contributed by atoms with Gasteiger partial charge < -0.3 is 19.3 Å². The van der Waals surface area contributed by atoms with Crippen LogP contribution in [-0.4, -0.2) is 55.2 Å². The Hall–Kier alpha value is -1.61.